The second-order valence-electron chi connectivity index (χ2n) is 12.9. The summed E-state index contributed by atoms with van der Waals surface area (Å²) in [6.45, 7) is 0. The Bertz CT molecular complexity index is 2640. The largest absolute Gasteiger partial charge is 0.309 e. The van der Waals surface area contributed by atoms with Crippen molar-refractivity contribution in [2.24, 2.45) is 0 Å². The highest BCUT2D eigenvalue weighted by atomic mass is 15.0. The summed E-state index contributed by atoms with van der Waals surface area (Å²) in [6.07, 6.45) is 0. The van der Waals surface area contributed by atoms with E-state index in [1.54, 1.807) is 0 Å². The number of aromatic nitrogens is 3. The molecule has 0 fully saturated rings. The lowest BCUT2D eigenvalue weighted by atomic mass is 9.67. The smallest absolute Gasteiger partial charge is 0.160 e. The molecule has 3 heteroatoms. The molecule has 0 radical (unpaired) electrons. The Hall–Kier alpha value is -6.58. The highest BCUT2D eigenvalue weighted by Gasteiger charge is 2.49. The third kappa shape index (κ3) is 4.10. The van der Waals surface area contributed by atoms with E-state index in [-0.39, 0.29) is 0 Å². The number of benzene rings is 7. The predicted molar refractivity (Wildman–Crippen MR) is 205 cm³/mol. The quantitative estimate of drug-likeness (QED) is 0.188. The molecular weight excluding hydrogens is 607 g/mol. The van der Waals surface area contributed by atoms with E-state index in [4.69, 9.17) is 9.97 Å². The molecule has 7 aromatic carbocycles. The summed E-state index contributed by atoms with van der Waals surface area (Å²) < 4.78 is 2.36. The first-order valence-electron chi connectivity index (χ1n) is 17.1. The molecule has 234 valence electrons. The number of rotatable bonds is 5. The Morgan fingerprint density at radius 3 is 1.70 bits per heavy atom. The van der Waals surface area contributed by atoms with Crippen molar-refractivity contribution in [1.82, 2.24) is 14.5 Å². The van der Waals surface area contributed by atoms with Gasteiger partial charge in [0, 0.05) is 38.7 Å². The summed E-state index contributed by atoms with van der Waals surface area (Å²) in [5.41, 5.74) is 12.7. The maximum absolute atomic E-state index is 5.55. The van der Waals surface area contributed by atoms with E-state index in [9.17, 15) is 0 Å². The van der Waals surface area contributed by atoms with Gasteiger partial charge in [-0.15, -0.1) is 0 Å². The average molecular weight is 638 g/mol. The Kier molecular flexibility index (Phi) is 6.40. The van der Waals surface area contributed by atoms with Crippen LogP contribution < -0.4 is 0 Å². The van der Waals surface area contributed by atoms with Crippen LogP contribution in [0.5, 0.6) is 0 Å². The highest BCUT2D eigenvalue weighted by molar-refractivity contribution is 6.10. The maximum Gasteiger partial charge on any atom is 0.160 e. The topological polar surface area (TPSA) is 30.7 Å². The maximum atomic E-state index is 5.55. The van der Waals surface area contributed by atoms with Gasteiger partial charge in [-0.25, -0.2) is 9.97 Å². The van der Waals surface area contributed by atoms with E-state index in [1.165, 1.54) is 33.0 Å². The van der Waals surface area contributed by atoms with E-state index in [1.807, 2.05) is 6.07 Å². The van der Waals surface area contributed by atoms with Crippen LogP contribution in [-0.4, -0.2) is 14.5 Å². The van der Waals surface area contributed by atoms with Crippen molar-refractivity contribution in [2.75, 3.05) is 0 Å². The zero-order chi connectivity index (χ0) is 33.1. The van der Waals surface area contributed by atoms with Gasteiger partial charge in [0.15, 0.2) is 5.82 Å². The van der Waals surface area contributed by atoms with Crippen LogP contribution in [0.25, 0.3) is 61.4 Å². The zero-order valence-electron chi connectivity index (χ0n) is 27.2. The van der Waals surface area contributed by atoms with Crippen molar-refractivity contribution < 1.29 is 0 Å². The number of hydrogen-bond donors (Lipinski definition) is 0. The summed E-state index contributed by atoms with van der Waals surface area (Å²) in [4.78, 5) is 11.0. The molecular formula is C47H31N3. The van der Waals surface area contributed by atoms with Gasteiger partial charge >= 0.3 is 0 Å². The molecule has 0 bridgehead atoms. The standard InChI is InChI=1S/C47H31N3/c1-5-17-32(18-6-1)46-48-44(33-29-30-42-39(31-33)37-25-14-16-28-41(37)50(42)36-23-11-4-12-24-36)43-45(49-46)38-26-13-15-27-40(38)47(43,34-19-7-2-8-20-34)35-21-9-3-10-22-35/h1-31H. The third-order valence-corrected chi connectivity index (χ3v) is 10.3. The zero-order valence-corrected chi connectivity index (χ0v) is 27.2. The monoisotopic (exact) mass is 637 g/mol. The lowest BCUT2D eigenvalue weighted by Gasteiger charge is -2.34. The van der Waals surface area contributed by atoms with E-state index in [0.717, 1.165) is 50.7 Å². The fourth-order valence-corrected chi connectivity index (χ4v) is 8.21. The van der Waals surface area contributed by atoms with Crippen LogP contribution in [-0.2, 0) is 5.41 Å². The minimum Gasteiger partial charge on any atom is -0.309 e. The molecule has 0 spiro atoms. The molecule has 1 aliphatic carbocycles. The molecule has 0 saturated heterocycles. The van der Waals surface area contributed by atoms with Crippen LogP contribution in [0.4, 0.5) is 0 Å². The first kappa shape index (κ1) is 28.4. The van der Waals surface area contributed by atoms with Crippen LogP contribution in [0.2, 0.25) is 0 Å². The van der Waals surface area contributed by atoms with Crippen molar-refractivity contribution in [3.05, 3.63) is 210 Å². The summed E-state index contributed by atoms with van der Waals surface area (Å²) in [7, 11) is 0. The summed E-state index contributed by atoms with van der Waals surface area (Å²) in [5, 5.41) is 2.40. The fraction of sp³-hybridized carbons (Fsp3) is 0.0213. The predicted octanol–water partition coefficient (Wildman–Crippen LogP) is 11.3. The molecule has 0 amide bonds. The molecule has 10 rings (SSSR count). The van der Waals surface area contributed by atoms with Crippen molar-refractivity contribution in [3.63, 3.8) is 0 Å². The first-order chi connectivity index (χ1) is 24.8. The second kappa shape index (κ2) is 11.3. The minimum absolute atomic E-state index is 0.633. The van der Waals surface area contributed by atoms with Crippen LogP contribution in [0, 0.1) is 0 Å². The molecule has 0 unspecified atom stereocenters. The summed E-state index contributed by atoms with van der Waals surface area (Å²) in [5.74, 6) is 0.720. The van der Waals surface area contributed by atoms with Gasteiger partial charge in [0.1, 0.15) is 0 Å². The minimum atomic E-state index is -0.633. The van der Waals surface area contributed by atoms with E-state index in [2.05, 4.69) is 187 Å². The first-order valence-corrected chi connectivity index (χ1v) is 17.1. The molecule has 1 aliphatic rings. The Morgan fingerprint density at radius 2 is 0.980 bits per heavy atom. The fourth-order valence-electron chi connectivity index (χ4n) is 8.21. The van der Waals surface area contributed by atoms with Crippen molar-refractivity contribution in [1.29, 1.82) is 0 Å². The van der Waals surface area contributed by atoms with E-state index >= 15 is 0 Å². The van der Waals surface area contributed by atoms with Crippen LogP contribution in [0.15, 0.2) is 188 Å². The molecule has 9 aromatic rings. The molecule has 0 saturated carbocycles. The molecule has 0 atom stereocenters. The van der Waals surface area contributed by atoms with Crippen molar-refractivity contribution in [2.45, 2.75) is 5.41 Å². The molecule has 0 aliphatic heterocycles. The lowest BCUT2D eigenvalue weighted by Crippen LogP contribution is -2.29. The van der Waals surface area contributed by atoms with Crippen molar-refractivity contribution in [3.8, 4) is 39.6 Å². The Labute approximate surface area is 290 Å². The molecule has 3 nitrogen and oxygen atoms in total. The molecule has 50 heavy (non-hydrogen) atoms. The third-order valence-electron chi connectivity index (χ3n) is 10.3. The van der Waals surface area contributed by atoms with Crippen LogP contribution in [0.1, 0.15) is 22.3 Å². The second-order valence-corrected chi connectivity index (χ2v) is 12.9. The van der Waals surface area contributed by atoms with E-state index < -0.39 is 5.41 Å². The van der Waals surface area contributed by atoms with Gasteiger partial charge in [-0.3, -0.25) is 0 Å². The van der Waals surface area contributed by atoms with E-state index in [0.29, 0.717) is 0 Å². The van der Waals surface area contributed by atoms with Gasteiger partial charge in [-0.05, 0) is 47.0 Å². The van der Waals surface area contributed by atoms with Crippen molar-refractivity contribution >= 4 is 21.8 Å². The Balaban J connectivity index is 1.35. The SMILES string of the molecule is c1ccc(-c2nc(-c3ccc4c(c3)c3ccccc3n4-c3ccccc3)c3c(n2)-c2ccccc2C3(c2ccccc2)c2ccccc2)cc1. The number of para-hydroxylation sites is 2. The van der Waals surface area contributed by atoms with Gasteiger partial charge < -0.3 is 4.57 Å². The molecule has 2 heterocycles. The highest BCUT2D eigenvalue weighted by Crippen LogP contribution is 2.58. The molecule has 0 N–H and O–H groups in total. The average Bonchev–Trinajstić information content (AvgIpc) is 3.69. The van der Waals surface area contributed by atoms with Crippen LogP contribution in [0.3, 0.4) is 0 Å². The summed E-state index contributed by atoms with van der Waals surface area (Å²) >= 11 is 0. The number of nitrogens with zero attached hydrogens (tertiary/aromatic N) is 3. The number of fused-ring (bicyclic) bond motifs is 6. The van der Waals surface area contributed by atoms with Gasteiger partial charge in [-0.2, -0.15) is 0 Å². The van der Waals surface area contributed by atoms with Gasteiger partial charge in [0.25, 0.3) is 0 Å². The number of hydrogen-bond acceptors (Lipinski definition) is 2. The van der Waals surface area contributed by atoms with Gasteiger partial charge in [0.05, 0.1) is 27.8 Å². The van der Waals surface area contributed by atoms with Gasteiger partial charge in [0.2, 0.25) is 0 Å². The van der Waals surface area contributed by atoms with Crippen LogP contribution >= 0.6 is 0 Å². The van der Waals surface area contributed by atoms with Gasteiger partial charge in [-0.1, -0.05) is 158 Å². The lowest BCUT2D eigenvalue weighted by molar-refractivity contribution is 0.763. The Morgan fingerprint density at radius 1 is 0.420 bits per heavy atom. The molecule has 2 aromatic heterocycles. The normalized spacial score (nSPS) is 13.0. The summed E-state index contributed by atoms with van der Waals surface area (Å²) in [6, 6.07) is 67.1.